The first kappa shape index (κ1) is 20.0. The van der Waals surface area contributed by atoms with Crippen LogP contribution in [0.1, 0.15) is 33.0 Å². The molecule has 158 valence electrons. The van der Waals surface area contributed by atoms with Gasteiger partial charge in [0.15, 0.2) is 16.3 Å². The average Bonchev–Trinajstić information content (AvgIpc) is 3.07. The zero-order valence-electron chi connectivity index (χ0n) is 17.0. The second-order valence-electron chi connectivity index (χ2n) is 7.49. The Bertz CT molecular complexity index is 1460. The molecule has 0 spiro atoms. The van der Waals surface area contributed by atoms with E-state index in [0.29, 0.717) is 32.5 Å². The van der Waals surface area contributed by atoms with Crippen LogP contribution in [-0.2, 0) is 0 Å². The molecule has 0 fully saturated rings. The summed E-state index contributed by atoms with van der Waals surface area (Å²) in [5.41, 5.74) is 1.15. The van der Waals surface area contributed by atoms with Crippen molar-refractivity contribution in [2.75, 3.05) is 7.11 Å². The highest BCUT2D eigenvalue weighted by atomic mass is 32.1. The van der Waals surface area contributed by atoms with Gasteiger partial charge >= 0.3 is 0 Å². The largest absolute Gasteiger partial charge is 0.507 e. The second-order valence-corrected chi connectivity index (χ2v) is 8.52. The number of rotatable bonds is 4. The molecule has 0 radical (unpaired) electrons. The topological polar surface area (TPSA) is 83.8 Å². The van der Waals surface area contributed by atoms with Crippen LogP contribution in [0.2, 0.25) is 0 Å². The molecule has 6 heteroatoms. The predicted octanol–water partition coefficient (Wildman–Crippen LogP) is 5.27. The Kier molecular flexibility index (Phi) is 4.79. The Hall–Kier alpha value is -3.90. The third-order valence-corrected chi connectivity index (χ3v) is 6.76. The van der Waals surface area contributed by atoms with E-state index >= 15 is 0 Å². The Morgan fingerprint density at radius 2 is 1.50 bits per heavy atom. The van der Waals surface area contributed by atoms with E-state index in [1.807, 2.05) is 0 Å². The fraction of sp³-hybridized carbons (Fsp3) is 0.0769. The number of methoxy groups -OCH3 is 1. The van der Waals surface area contributed by atoms with Gasteiger partial charge in [0, 0.05) is 21.2 Å². The van der Waals surface area contributed by atoms with Crippen molar-refractivity contribution in [3.8, 4) is 10.8 Å². The summed E-state index contributed by atoms with van der Waals surface area (Å²) in [5.74, 6) is -0.881. The number of fused-ring (bicyclic) bond motifs is 2. The zero-order valence-corrected chi connectivity index (χ0v) is 17.8. The number of hydrogen-bond acceptors (Lipinski definition) is 6. The van der Waals surface area contributed by atoms with Crippen LogP contribution in [0.25, 0.3) is 15.8 Å². The summed E-state index contributed by atoms with van der Waals surface area (Å²) in [5, 5.41) is 22.3. The van der Waals surface area contributed by atoms with Crippen LogP contribution in [0.3, 0.4) is 0 Å². The second kappa shape index (κ2) is 7.66. The van der Waals surface area contributed by atoms with Crippen molar-refractivity contribution in [1.29, 1.82) is 0 Å². The summed E-state index contributed by atoms with van der Waals surface area (Å²) >= 11 is 1.07. The van der Waals surface area contributed by atoms with Crippen molar-refractivity contribution in [3.63, 3.8) is 0 Å². The molecule has 1 atom stereocenters. The van der Waals surface area contributed by atoms with Gasteiger partial charge in [-0.3, -0.25) is 9.59 Å². The summed E-state index contributed by atoms with van der Waals surface area (Å²) in [6.07, 6.45) is 0. The minimum atomic E-state index is -0.950. The Labute approximate surface area is 187 Å². The summed E-state index contributed by atoms with van der Waals surface area (Å²) in [7, 11) is 1.55. The number of ketones is 1. The quantitative estimate of drug-likeness (QED) is 0.450. The fourth-order valence-corrected chi connectivity index (χ4v) is 5.17. The molecule has 5 nitrogen and oxygen atoms in total. The summed E-state index contributed by atoms with van der Waals surface area (Å²) in [6.45, 7) is 0. The van der Waals surface area contributed by atoms with E-state index in [4.69, 9.17) is 4.74 Å². The smallest absolute Gasteiger partial charge is 0.195 e. The number of allylic oxidation sites excluding steroid dienone is 1. The van der Waals surface area contributed by atoms with E-state index in [1.165, 1.54) is 0 Å². The monoisotopic (exact) mass is 442 g/mol. The highest BCUT2D eigenvalue weighted by Gasteiger charge is 2.38. The first-order chi connectivity index (χ1) is 15.5. The molecular formula is C26H18O5S. The Morgan fingerprint density at radius 1 is 0.844 bits per heavy atom. The summed E-state index contributed by atoms with van der Waals surface area (Å²) in [4.78, 5) is 26.9. The number of hydrogen-bond donors (Lipinski definition) is 2. The molecule has 1 heterocycles. The van der Waals surface area contributed by atoms with Crippen LogP contribution < -0.4 is 10.2 Å². The number of aliphatic hydroxyl groups is 1. The average molecular weight is 442 g/mol. The van der Waals surface area contributed by atoms with Crippen LogP contribution in [-0.4, -0.2) is 23.1 Å². The molecule has 0 bridgehead atoms. The lowest BCUT2D eigenvalue weighted by atomic mass is 9.83. The van der Waals surface area contributed by atoms with Crippen LogP contribution in [0.4, 0.5) is 0 Å². The molecular weight excluding hydrogens is 424 g/mol. The van der Waals surface area contributed by atoms with Crippen LogP contribution in [0.5, 0.6) is 10.8 Å². The van der Waals surface area contributed by atoms with Gasteiger partial charge in [-0.2, -0.15) is 0 Å². The van der Waals surface area contributed by atoms with Gasteiger partial charge in [0.05, 0.1) is 24.2 Å². The molecule has 4 aromatic rings. The molecule has 0 saturated carbocycles. The molecule has 1 aromatic heterocycles. The molecule has 1 aliphatic rings. The van der Waals surface area contributed by atoms with Gasteiger partial charge in [-0.25, -0.2) is 0 Å². The molecule has 0 saturated heterocycles. The van der Waals surface area contributed by atoms with E-state index in [0.717, 1.165) is 11.3 Å². The lowest BCUT2D eigenvalue weighted by molar-refractivity contribution is 0.103. The van der Waals surface area contributed by atoms with Gasteiger partial charge in [0.25, 0.3) is 0 Å². The van der Waals surface area contributed by atoms with Gasteiger partial charge < -0.3 is 14.9 Å². The van der Waals surface area contributed by atoms with Crippen molar-refractivity contribution in [2.24, 2.45) is 0 Å². The molecule has 0 amide bonds. The molecule has 0 unspecified atom stereocenters. The van der Waals surface area contributed by atoms with Gasteiger partial charge in [0.2, 0.25) is 0 Å². The lowest BCUT2D eigenvalue weighted by Gasteiger charge is -2.20. The molecule has 5 rings (SSSR count). The van der Waals surface area contributed by atoms with Crippen molar-refractivity contribution in [3.05, 3.63) is 111 Å². The maximum absolute atomic E-state index is 13.5. The molecule has 2 N–H and O–H groups in total. The minimum absolute atomic E-state index is 0.0709. The number of benzene rings is 3. The number of ether oxygens (including phenoxy) is 1. The number of carbonyl (C=O) groups excluding carboxylic acids is 1. The van der Waals surface area contributed by atoms with Crippen LogP contribution in [0.15, 0.2) is 83.2 Å². The lowest BCUT2D eigenvalue weighted by Crippen LogP contribution is -2.19. The molecule has 3 aromatic carbocycles. The van der Waals surface area contributed by atoms with Gasteiger partial charge in [0.1, 0.15) is 11.5 Å². The summed E-state index contributed by atoms with van der Waals surface area (Å²) < 4.78 is 5.89. The van der Waals surface area contributed by atoms with E-state index < -0.39 is 5.92 Å². The van der Waals surface area contributed by atoms with Gasteiger partial charge in [-0.05, 0) is 29.8 Å². The predicted molar refractivity (Wildman–Crippen MR) is 125 cm³/mol. The number of carbonyl (C=O) groups is 1. The molecule has 1 aliphatic carbocycles. The number of Topliss-reactive ketones (excluding diaryl/α,β-unsaturated/α-hetero) is 1. The van der Waals surface area contributed by atoms with E-state index in [9.17, 15) is 19.8 Å². The SMILES string of the molecule is COc1ccc([C@@H](C2=C(O)c3ccccc3C2=O)c2c(O)sc3ccccc3c2=O)cc1. The number of aromatic hydroxyl groups is 1. The van der Waals surface area contributed by atoms with Gasteiger partial charge in [-0.1, -0.05) is 59.9 Å². The van der Waals surface area contributed by atoms with Crippen LogP contribution >= 0.6 is 11.3 Å². The minimum Gasteiger partial charge on any atom is -0.507 e. The highest BCUT2D eigenvalue weighted by molar-refractivity contribution is 7.20. The molecule has 32 heavy (non-hydrogen) atoms. The Balaban J connectivity index is 1.82. The van der Waals surface area contributed by atoms with E-state index in [-0.39, 0.29) is 33.2 Å². The summed E-state index contributed by atoms with van der Waals surface area (Å²) in [6, 6.07) is 20.7. The highest BCUT2D eigenvalue weighted by Crippen LogP contribution is 2.45. The van der Waals surface area contributed by atoms with Crippen molar-refractivity contribution >= 4 is 33.0 Å². The van der Waals surface area contributed by atoms with Crippen molar-refractivity contribution in [1.82, 2.24) is 0 Å². The van der Waals surface area contributed by atoms with Crippen molar-refractivity contribution < 1.29 is 19.7 Å². The van der Waals surface area contributed by atoms with Crippen molar-refractivity contribution in [2.45, 2.75) is 5.92 Å². The Morgan fingerprint density at radius 3 is 2.19 bits per heavy atom. The van der Waals surface area contributed by atoms with Crippen LogP contribution in [0, 0.1) is 0 Å². The zero-order chi connectivity index (χ0) is 22.4. The third kappa shape index (κ3) is 2.99. The third-order valence-electron chi connectivity index (χ3n) is 5.77. The number of aliphatic hydroxyl groups excluding tert-OH is 1. The normalized spacial score (nSPS) is 14.0. The first-order valence-electron chi connectivity index (χ1n) is 9.97. The maximum atomic E-state index is 13.5. The fourth-order valence-electron chi connectivity index (χ4n) is 4.23. The van der Waals surface area contributed by atoms with Gasteiger partial charge in [-0.15, -0.1) is 0 Å². The van der Waals surface area contributed by atoms with E-state index in [1.54, 1.807) is 79.9 Å². The van der Waals surface area contributed by atoms with E-state index in [2.05, 4.69) is 0 Å². The standard InChI is InChI=1S/C26H18O5S/c1-31-15-12-10-14(11-13-15)20(21-23(27)16-6-2-3-7-17(16)24(21)28)22-25(29)18-8-4-5-9-19(18)32-26(22)30/h2-13,20,27,30H,1H3/t20-/m0/s1. The maximum Gasteiger partial charge on any atom is 0.195 e. The molecule has 0 aliphatic heterocycles. The first-order valence-corrected chi connectivity index (χ1v) is 10.8.